The van der Waals surface area contributed by atoms with E-state index in [9.17, 15) is 4.79 Å². The van der Waals surface area contributed by atoms with Gasteiger partial charge in [0.1, 0.15) is 5.75 Å². The number of nitrogens with one attached hydrogen (secondary N) is 2. The van der Waals surface area contributed by atoms with Gasteiger partial charge in [-0.3, -0.25) is 15.6 Å². The Morgan fingerprint density at radius 3 is 2.82 bits per heavy atom. The van der Waals surface area contributed by atoms with Crippen LogP contribution >= 0.6 is 11.3 Å². The van der Waals surface area contributed by atoms with Crippen molar-refractivity contribution in [3.05, 3.63) is 53.6 Å². The first-order chi connectivity index (χ1) is 10.7. The molecule has 0 spiro atoms. The molecular formula is C16H15N3O2S. The zero-order valence-corrected chi connectivity index (χ0v) is 13.0. The van der Waals surface area contributed by atoms with Gasteiger partial charge in [-0.15, -0.1) is 0 Å². The van der Waals surface area contributed by atoms with Crippen LogP contribution in [0.1, 0.15) is 15.9 Å². The van der Waals surface area contributed by atoms with E-state index in [4.69, 9.17) is 4.74 Å². The number of fused-ring (bicyclic) bond motifs is 1. The number of aryl methyl sites for hydroxylation is 1. The Kier molecular flexibility index (Phi) is 3.93. The second-order valence-corrected chi connectivity index (χ2v) is 5.78. The minimum absolute atomic E-state index is 0.241. The predicted molar refractivity (Wildman–Crippen MR) is 88.4 cm³/mol. The van der Waals surface area contributed by atoms with E-state index in [1.165, 1.54) is 11.3 Å². The highest BCUT2D eigenvalue weighted by Crippen LogP contribution is 2.27. The number of thiazole rings is 1. The minimum Gasteiger partial charge on any atom is -0.497 e. The lowest BCUT2D eigenvalue weighted by Gasteiger charge is -2.06. The van der Waals surface area contributed by atoms with Crippen LogP contribution in [-0.4, -0.2) is 18.0 Å². The number of carbonyl (C=O) groups excluding carboxylic acids is 1. The average molecular weight is 313 g/mol. The molecule has 0 saturated heterocycles. The summed E-state index contributed by atoms with van der Waals surface area (Å²) in [7, 11) is 1.57. The van der Waals surface area contributed by atoms with Crippen molar-refractivity contribution < 1.29 is 9.53 Å². The van der Waals surface area contributed by atoms with Gasteiger partial charge in [0.15, 0.2) is 0 Å². The van der Waals surface area contributed by atoms with Crippen molar-refractivity contribution in [2.45, 2.75) is 6.92 Å². The van der Waals surface area contributed by atoms with Gasteiger partial charge < -0.3 is 4.74 Å². The molecule has 1 amide bonds. The molecule has 2 aromatic carbocycles. The van der Waals surface area contributed by atoms with Crippen LogP contribution in [0.5, 0.6) is 5.75 Å². The summed E-state index contributed by atoms with van der Waals surface area (Å²) in [6, 6.07) is 13.0. The summed E-state index contributed by atoms with van der Waals surface area (Å²) in [6.45, 7) is 2.01. The Morgan fingerprint density at radius 2 is 2.05 bits per heavy atom. The Labute approximate surface area is 131 Å². The van der Waals surface area contributed by atoms with Crippen molar-refractivity contribution in [2.24, 2.45) is 0 Å². The number of ether oxygens (including phenoxy) is 1. The van der Waals surface area contributed by atoms with Crippen LogP contribution in [0.3, 0.4) is 0 Å². The van der Waals surface area contributed by atoms with E-state index in [2.05, 4.69) is 15.8 Å². The summed E-state index contributed by atoms with van der Waals surface area (Å²) in [6.07, 6.45) is 0. The summed E-state index contributed by atoms with van der Waals surface area (Å²) < 4.78 is 6.19. The van der Waals surface area contributed by atoms with Gasteiger partial charge in [-0.1, -0.05) is 29.5 Å². The molecule has 0 bridgehead atoms. The van der Waals surface area contributed by atoms with Crippen LogP contribution in [0, 0.1) is 6.92 Å². The molecule has 0 aliphatic carbocycles. The molecule has 3 aromatic rings. The first-order valence-electron chi connectivity index (χ1n) is 6.74. The second kappa shape index (κ2) is 6.03. The maximum absolute atomic E-state index is 12.1. The first-order valence-corrected chi connectivity index (χ1v) is 7.55. The topological polar surface area (TPSA) is 63.2 Å². The van der Waals surface area contributed by atoms with E-state index in [-0.39, 0.29) is 5.91 Å². The Hall–Kier alpha value is -2.60. The quantitative estimate of drug-likeness (QED) is 0.725. The molecule has 22 heavy (non-hydrogen) atoms. The number of benzene rings is 2. The van der Waals surface area contributed by atoms with Crippen LogP contribution < -0.4 is 15.6 Å². The number of anilines is 1. The van der Waals surface area contributed by atoms with Crippen molar-refractivity contribution in [2.75, 3.05) is 12.5 Å². The summed E-state index contributed by atoms with van der Waals surface area (Å²) in [4.78, 5) is 16.6. The molecular weight excluding hydrogens is 298 g/mol. The third-order valence-electron chi connectivity index (χ3n) is 3.24. The molecule has 1 aromatic heterocycles. The van der Waals surface area contributed by atoms with Gasteiger partial charge in [-0.25, -0.2) is 4.98 Å². The number of carbonyl (C=O) groups is 1. The largest absolute Gasteiger partial charge is 0.497 e. The van der Waals surface area contributed by atoms with Gasteiger partial charge in [-0.2, -0.15) is 0 Å². The lowest BCUT2D eigenvalue weighted by Crippen LogP contribution is -2.29. The number of nitrogens with zero attached hydrogens (tertiary/aromatic N) is 1. The van der Waals surface area contributed by atoms with E-state index >= 15 is 0 Å². The van der Waals surface area contributed by atoms with Crippen LogP contribution in [0.15, 0.2) is 42.5 Å². The van der Waals surface area contributed by atoms with E-state index in [1.807, 2.05) is 25.1 Å². The summed E-state index contributed by atoms with van der Waals surface area (Å²) in [5, 5.41) is 0.653. The van der Waals surface area contributed by atoms with Crippen molar-refractivity contribution in [3.8, 4) is 5.75 Å². The first kappa shape index (κ1) is 14.3. The number of hydrogen-bond acceptors (Lipinski definition) is 5. The van der Waals surface area contributed by atoms with Crippen LogP contribution in [0.25, 0.3) is 10.2 Å². The van der Waals surface area contributed by atoms with E-state index in [0.717, 1.165) is 15.8 Å². The third kappa shape index (κ3) is 2.87. The van der Waals surface area contributed by atoms with Crippen LogP contribution in [-0.2, 0) is 0 Å². The third-order valence-corrected chi connectivity index (χ3v) is 4.17. The lowest BCUT2D eigenvalue weighted by atomic mass is 10.2. The van der Waals surface area contributed by atoms with Crippen LogP contribution in [0.2, 0.25) is 0 Å². The van der Waals surface area contributed by atoms with Gasteiger partial charge >= 0.3 is 0 Å². The summed E-state index contributed by atoms with van der Waals surface area (Å²) in [5.74, 6) is 0.401. The molecule has 0 fully saturated rings. The standard InChI is InChI=1S/C16H15N3O2S/c1-10-5-3-8-13-14(10)17-16(22-13)19-18-15(20)11-6-4-7-12(9-11)21-2/h3-9H,1-2H3,(H,17,19)(H,18,20). The molecule has 0 radical (unpaired) electrons. The molecule has 0 aliphatic rings. The summed E-state index contributed by atoms with van der Waals surface area (Å²) in [5.41, 5.74) is 8.09. The number of amides is 1. The highest BCUT2D eigenvalue weighted by Gasteiger charge is 2.09. The van der Waals surface area contributed by atoms with Gasteiger partial charge in [0, 0.05) is 5.56 Å². The Balaban J connectivity index is 1.73. The lowest BCUT2D eigenvalue weighted by molar-refractivity contribution is 0.0962. The molecule has 112 valence electrons. The monoisotopic (exact) mass is 313 g/mol. The fraction of sp³-hybridized carbons (Fsp3) is 0.125. The highest BCUT2D eigenvalue weighted by molar-refractivity contribution is 7.22. The van der Waals surface area contributed by atoms with Gasteiger partial charge in [0.25, 0.3) is 5.91 Å². The minimum atomic E-state index is -0.241. The molecule has 2 N–H and O–H groups in total. The summed E-state index contributed by atoms with van der Waals surface area (Å²) >= 11 is 1.49. The molecule has 6 heteroatoms. The predicted octanol–water partition coefficient (Wildman–Crippen LogP) is 3.37. The Morgan fingerprint density at radius 1 is 1.23 bits per heavy atom. The van der Waals surface area contributed by atoms with Crippen molar-refractivity contribution in [3.63, 3.8) is 0 Å². The number of aromatic nitrogens is 1. The molecule has 0 unspecified atom stereocenters. The van der Waals surface area contributed by atoms with E-state index < -0.39 is 0 Å². The smallest absolute Gasteiger partial charge is 0.269 e. The van der Waals surface area contributed by atoms with E-state index in [1.54, 1.807) is 31.4 Å². The number of hydrogen-bond donors (Lipinski definition) is 2. The van der Waals surface area contributed by atoms with Crippen LogP contribution in [0.4, 0.5) is 5.13 Å². The van der Waals surface area contributed by atoms with Crippen molar-refractivity contribution >= 4 is 32.6 Å². The van der Waals surface area contributed by atoms with Gasteiger partial charge in [-0.05, 0) is 36.8 Å². The SMILES string of the molecule is COc1cccc(C(=O)NNc2nc3c(C)cccc3s2)c1. The molecule has 0 aliphatic heterocycles. The normalized spacial score (nSPS) is 10.5. The fourth-order valence-corrected chi connectivity index (χ4v) is 2.98. The number of rotatable bonds is 4. The number of para-hydroxylation sites is 1. The number of methoxy groups -OCH3 is 1. The Bertz CT molecular complexity index is 829. The van der Waals surface area contributed by atoms with E-state index in [0.29, 0.717) is 16.4 Å². The maximum Gasteiger partial charge on any atom is 0.269 e. The van der Waals surface area contributed by atoms with Gasteiger partial charge in [0.05, 0.1) is 17.3 Å². The zero-order valence-electron chi connectivity index (χ0n) is 12.2. The number of hydrazine groups is 1. The molecule has 0 atom stereocenters. The average Bonchev–Trinajstić information content (AvgIpc) is 2.97. The highest BCUT2D eigenvalue weighted by atomic mass is 32.1. The molecule has 5 nitrogen and oxygen atoms in total. The molecule has 1 heterocycles. The van der Waals surface area contributed by atoms with Crippen molar-refractivity contribution in [1.82, 2.24) is 10.4 Å². The second-order valence-electron chi connectivity index (χ2n) is 4.75. The fourth-order valence-electron chi connectivity index (χ4n) is 2.09. The maximum atomic E-state index is 12.1. The molecule has 0 saturated carbocycles. The van der Waals surface area contributed by atoms with Gasteiger partial charge in [0.2, 0.25) is 5.13 Å². The van der Waals surface area contributed by atoms with Crippen molar-refractivity contribution in [1.29, 1.82) is 0 Å². The zero-order chi connectivity index (χ0) is 15.5. The molecule has 3 rings (SSSR count).